The molecular weight excluding hydrogens is 286 g/mol. The smallest absolute Gasteiger partial charge is 0.323 e. The molecular formula is C13H10F2N2O4. The molecule has 2 aromatic rings. The number of nitrogens with one attached hydrogen (secondary N) is 2. The average Bonchev–Trinajstić information content (AvgIpc) is 2.40. The number of halogens is 2. The third kappa shape index (κ3) is 3.30. The summed E-state index contributed by atoms with van der Waals surface area (Å²) in [6.07, 6.45) is 0. The van der Waals surface area contributed by atoms with E-state index in [-0.39, 0.29) is 11.4 Å². The fraction of sp³-hybridized carbons (Fsp3) is 0. The highest BCUT2D eigenvalue weighted by atomic mass is 19.1. The lowest BCUT2D eigenvalue weighted by atomic mass is 10.2. The molecule has 8 heteroatoms. The Bertz CT molecular complexity index is 684. The number of rotatable bonds is 2. The van der Waals surface area contributed by atoms with Gasteiger partial charge in [0, 0.05) is 18.2 Å². The minimum Gasteiger partial charge on any atom is -0.504 e. The molecule has 0 aliphatic rings. The lowest BCUT2D eigenvalue weighted by Gasteiger charge is -2.10. The first-order chi connectivity index (χ1) is 9.86. The molecule has 0 saturated heterocycles. The summed E-state index contributed by atoms with van der Waals surface area (Å²) in [5.74, 6) is -3.60. The second-order valence-corrected chi connectivity index (χ2v) is 4.07. The predicted octanol–water partition coefficient (Wildman–Crippen LogP) is 2.73. The van der Waals surface area contributed by atoms with Gasteiger partial charge < -0.3 is 26.0 Å². The summed E-state index contributed by atoms with van der Waals surface area (Å²) in [6, 6.07) is 3.55. The molecule has 110 valence electrons. The molecule has 0 atom stereocenters. The number of urea groups is 1. The Morgan fingerprint density at radius 1 is 0.952 bits per heavy atom. The molecule has 5 N–H and O–H groups in total. The van der Waals surface area contributed by atoms with Crippen LogP contribution in [0, 0.1) is 11.6 Å². The van der Waals surface area contributed by atoms with Gasteiger partial charge in [-0.15, -0.1) is 0 Å². The van der Waals surface area contributed by atoms with Gasteiger partial charge >= 0.3 is 6.03 Å². The van der Waals surface area contributed by atoms with Crippen LogP contribution in [0.15, 0.2) is 30.3 Å². The van der Waals surface area contributed by atoms with Crippen LogP contribution < -0.4 is 10.6 Å². The standard InChI is InChI=1S/C13H10F2N2O4/c14-6-1-2-8(15)9(3-6)17-13(21)16-7-4-10(18)12(20)11(19)5-7/h1-5,18-20H,(H2,16,17,21). The van der Waals surface area contributed by atoms with Crippen molar-refractivity contribution in [2.24, 2.45) is 0 Å². The maximum absolute atomic E-state index is 13.3. The number of hydrogen-bond donors (Lipinski definition) is 5. The molecule has 0 saturated carbocycles. The second kappa shape index (κ2) is 5.53. The highest BCUT2D eigenvalue weighted by Gasteiger charge is 2.12. The molecule has 0 heterocycles. The normalized spacial score (nSPS) is 10.2. The van der Waals surface area contributed by atoms with Crippen molar-refractivity contribution in [3.63, 3.8) is 0 Å². The SMILES string of the molecule is O=C(Nc1cc(O)c(O)c(O)c1)Nc1cc(F)ccc1F. The molecule has 0 aromatic heterocycles. The number of carbonyl (C=O) groups is 1. The zero-order valence-corrected chi connectivity index (χ0v) is 10.4. The van der Waals surface area contributed by atoms with Crippen molar-refractivity contribution in [2.45, 2.75) is 0 Å². The highest BCUT2D eigenvalue weighted by molar-refractivity contribution is 6.00. The first-order valence-corrected chi connectivity index (χ1v) is 5.65. The quantitative estimate of drug-likeness (QED) is 0.434. The molecule has 0 fully saturated rings. The largest absolute Gasteiger partial charge is 0.504 e. The van der Waals surface area contributed by atoms with Crippen LogP contribution in [-0.2, 0) is 0 Å². The van der Waals surface area contributed by atoms with Crippen molar-refractivity contribution in [1.29, 1.82) is 0 Å². The monoisotopic (exact) mass is 296 g/mol. The molecule has 21 heavy (non-hydrogen) atoms. The number of aromatic hydroxyl groups is 3. The lowest BCUT2D eigenvalue weighted by molar-refractivity contribution is 0.262. The summed E-state index contributed by atoms with van der Waals surface area (Å²) in [6.45, 7) is 0. The topological polar surface area (TPSA) is 102 Å². The Morgan fingerprint density at radius 3 is 2.19 bits per heavy atom. The first kappa shape index (κ1) is 14.4. The Labute approximate surface area is 117 Å². The van der Waals surface area contributed by atoms with Gasteiger partial charge in [-0.3, -0.25) is 0 Å². The zero-order chi connectivity index (χ0) is 15.6. The van der Waals surface area contributed by atoms with Gasteiger partial charge in [-0.05, 0) is 12.1 Å². The summed E-state index contributed by atoms with van der Waals surface area (Å²) >= 11 is 0. The maximum atomic E-state index is 13.3. The number of hydrogen-bond acceptors (Lipinski definition) is 4. The van der Waals surface area contributed by atoms with E-state index in [2.05, 4.69) is 10.6 Å². The summed E-state index contributed by atoms with van der Waals surface area (Å²) in [5.41, 5.74) is -0.433. The van der Waals surface area contributed by atoms with Crippen LogP contribution in [0.1, 0.15) is 0 Å². The van der Waals surface area contributed by atoms with Gasteiger partial charge in [0.15, 0.2) is 17.2 Å². The molecule has 0 spiro atoms. The molecule has 0 unspecified atom stereocenters. The Balaban J connectivity index is 2.13. The van der Waals surface area contributed by atoms with E-state index < -0.39 is 34.9 Å². The lowest BCUT2D eigenvalue weighted by Crippen LogP contribution is -2.20. The van der Waals surface area contributed by atoms with Crippen LogP contribution in [0.25, 0.3) is 0 Å². The van der Waals surface area contributed by atoms with Gasteiger partial charge in [-0.25, -0.2) is 13.6 Å². The number of anilines is 2. The molecule has 0 radical (unpaired) electrons. The predicted molar refractivity (Wildman–Crippen MR) is 70.4 cm³/mol. The van der Waals surface area contributed by atoms with Gasteiger partial charge in [0.2, 0.25) is 0 Å². The fourth-order valence-corrected chi connectivity index (χ4v) is 1.55. The Kier molecular flexibility index (Phi) is 3.79. The number of phenolic OH excluding ortho intramolecular Hbond substituents is 3. The van der Waals surface area contributed by atoms with Crippen molar-refractivity contribution < 1.29 is 28.9 Å². The van der Waals surface area contributed by atoms with E-state index in [0.717, 1.165) is 30.3 Å². The van der Waals surface area contributed by atoms with E-state index in [9.17, 15) is 23.8 Å². The molecule has 2 rings (SSSR count). The van der Waals surface area contributed by atoms with Gasteiger partial charge in [0.25, 0.3) is 0 Å². The van der Waals surface area contributed by atoms with Crippen LogP contribution in [0.3, 0.4) is 0 Å². The summed E-state index contributed by atoms with van der Waals surface area (Å²) in [5, 5.41) is 31.9. The van der Waals surface area contributed by atoms with E-state index in [1.165, 1.54) is 0 Å². The van der Waals surface area contributed by atoms with E-state index in [0.29, 0.717) is 0 Å². The van der Waals surface area contributed by atoms with Gasteiger partial charge in [0.1, 0.15) is 11.6 Å². The van der Waals surface area contributed by atoms with Crippen molar-refractivity contribution in [3.05, 3.63) is 42.0 Å². The molecule has 0 bridgehead atoms. The van der Waals surface area contributed by atoms with Crippen LogP contribution in [0.5, 0.6) is 17.2 Å². The van der Waals surface area contributed by atoms with Gasteiger partial charge in [-0.1, -0.05) is 0 Å². The van der Waals surface area contributed by atoms with Crippen LogP contribution in [0.2, 0.25) is 0 Å². The summed E-state index contributed by atoms with van der Waals surface area (Å²) in [4.78, 5) is 11.6. The zero-order valence-electron chi connectivity index (χ0n) is 10.4. The third-order valence-corrected chi connectivity index (χ3v) is 2.50. The number of carbonyl (C=O) groups excluding carboxylic acids is 1. The van der Waals surface area contributed by atoms with E-state index in [4.69, 9.17) is 5.11 Å². The molecule has 6 nitrogen and oxygen atoms in total. The molecule has 0 aliphatic heterocycles. The fourth-order valence-electron chi connectivity index (χ4n) is 1.55. The minimum atomic E-state index is -0.927. The summed E-state index contributed by atoms with van der Waals surface area (Å²) < 4.78 is 26.3. The first-order valence-electron chi connectivity index (χ1n) is 5.65. The Morgan fingerprint density at radius 2 is 1.57 bits per heavy atom. The number of benzene rings is 2. The van der Waals surface area contributed by atoms with Crippen LogP contribution in [0.4, 0.5) is 25.0 Å². The van der Waals surface area contributed by atoms with E-state index in [1.54, 1.807) is 0 Å². The second-order valence-electron chi connectivity index (χ2n) is 4.07. The number of phenols is 3. The average molecular weight is 296 g/mol. The van der Waals surface area contributed by atoms with Crippen molar-refractivity contribution >= 4 is 17.4 Å². The van der Waals surface area contributed by atoms with Crippen molar-refractivity contribution in [3.8, 4) is 17.2 Å². The molecule has 0 aliphatic carbocycles. The van der Waals surface area contributed by atoms with E-state index in [1.807, 2.05) is 0 Å². The van der Waals surface area contributed by atoms with Crippen molar-refractivity contribution in [2.75, 3.05) is 10.6 Å². The van der Waals surface area contributed by atoms with E-state index >= 15 is 0 Å². The molecule has 2 amide bonds. The minimum absolute atomic E-state index is 0.0582. The third-order valence-electron chi connectivity index (χ3n) is 2.50. The maximum Gasteiger partial charge on any atom is 0.323 e. The van der Waals surface area contributed by atoms with Crippen molar-refractivity contribution in [1.82, 2.24) is 0 Å². The Hall–Kier alpha value is -3.03. The molecule has 2 aromatic carbocycles. The highest BCUT2D eigenvalue weighted by Crippen LogP contribution is 2.37. The summed E-state index contributed by atoms with van der Waals surface area (Å²) in [7, 11) is 0. The van der Waals surface area contributed by atoms with Gasteiger partial charge in [0.05, 0.1) is 11.4 Å². The van der Waals surface area contributed by atoms with Gasteiger partial charge in [-0.2, -0.15) is 0 Å². The number of amides is 2. The van der Waals surface area contributed by atoms with Crippen LogP contribution in [-0.4, -0.2) is 21.4 Å². The van der Waals surface area contributed by atoms with Crippen LogP contribution >= 0.6 is 0 Å².